The van der Waals surface area contributed by atoms with Crippen molar-refractivity contribution in [2.75, 3.05) is 5.32 Å². The Bertz CT molecular complexity index is 886. The molecule has 5 heteroatoms. The number of nitrogens with one attached hydrogen (secondary N) is 1. The lowest BCUT2D eigenvalue weighted by atomic mass is 9.76. The summed E-state index contributed by atoms with van der Waals surface area (Å²) >= 11 is 11.8. The van der Waals surface area contributed by atoms with E-state index in [-0.39, 0.29) is 27.5 Å². The summed E-state index contributed by atoms with van der Waals surface area (Å²) in [6.07, 6.45) is 0.793. The van der Waals surface area contributed by atoms with Gasteiger partial charge in [0.25, 0.3) is 0 Å². The first-order chi connectivity index (χ1) is 11.3. The van der Waals surface area contributed by atoms with Gasteiger partial charge in [-0.2, -0.15) is 0 Å². The average molecular weight is 360 g/mol. The average Bonchev–Trinajstić information content (AvgIpc) is 2.48. The van der Waals surface area contributed by atoms with Gasteiger partial charge < -0.3 is 10.4 Å². The highest BCUT2D eigenvalue weighted by Gasteiger charge is 2.34. The van der Waals surface area contributed by atoms with Crippen LogP contribution in [-0.2, 0) is 4.79 Å². The zero-order valence-corrected chi connectivity index (χ0v) is 15.1. The summed E-state index contributed by atoms with van der Waals surface area (Å²) in [4.78, 5) is 12.6. The lowest BCUT2D eigenvalue weighted by Gasteiger charge is -2.29. The number of hydrogen-bond donors (Lipinski definition) is 2. The summed E-state index contributed by atoms with van der Waals surface area (Å²) in [5.74, 6) is -0.0937. The topological polar surface area (TPSA) is 49.3 Å². The SMILES string of the molecule is CC1(C)CC(=O)C(C(=S)Nc2ccc3ccccc3c2Cl)=C(O)C1. The summed E-state index contributed by atoms with van der Waals surface area (Å²) in [7, 11) is 0. The summed E-state index contributed by atoms with van der Waals surface area (Å²) in [6.45, 7) is 3.91. The number of benzene rings is 2. The van der Waals surface area contributed by atoms with Gasteiger partial charge in [-0.25, -0.2) is 0 Å². The van der Waals surface area contributed by atoms with Gasteiger partial charge in [0.05, 0.1) is 16.3 Å². The highest BCUT2D eigenvalue weighted by atomic mass is 35.5. The van der Waals surface area contributed by atoms with E-state index in [2.05, 4.69) is 5.32 Å². The maximum atomic E-state index is 12.4. The number of carbonyl (C=O) groups is 1. The Labute approximate surface area is 151 Å². The third kappa shape index (κ3) is 3.17. The van der Waals surface area contributed by atoms with Gasteiger partial charge >= 0.3 is 0 Å². The van der Waals surface area contributed by atoms with Crippen LogP contribution in [0.25, 0.3) is 10.8 Å². The predicted octanol–water partition coefficient (Wildman–Crippen LogP) is 5.43. The maximum Gasteiger partial charge on any atom is 0.169 e. The number of fused-ring (bicyclic) bond motifs is 1. The molecule has 0 saturated heterocycles. The van der Waals surface area contributed by atoms with Crippen molar-refractivity contribution in [3.05, 3.63) is 52.8 Å². The first kappa shape index (κ1) is 16.9. The van der Waals surface area contributed by atoms with Gasteiger partial charge in [-0.05, 0) is 16.9 Å². The smallest absolute Gasteiger partial charge is 0.169 e. The fourth-order valence-electron chi connectivity index (χ4n) is 3.06. The van der Waals surface area contributed by atoms with Crippen molar-refractivity contribution < 1.29 is 9.90 Å². The molecule has 3 rings (SSSR count). The fourth-order valence-corrected chi connectivity index (χ4v) is 3.68. The van der Waals surface area contributed by atoms with Crippen molar-refractivity contribution in [1.29, 1.82) is 0 Å². The van der Waals surface area contributed by atoms with E-state index < -0.39 is 0 Å². The van der Waals surface area contributed by atoms with Crippen LogP contribution in [0.2, 0.25) is 5.02 Å². The molecule has 124 valence electrons. The number of carbonyl (C=O) groups excluding carboxylic acids is 1. The Morgan fingerprint density at radius 1 is 1.21 bits per heavy atom. The molecule has 2 N–H and O–H groups in total. The largest absolute Gasteiger partial charge is 0.511 e. The molecular formula is C19H18ClNO2S. The van der Waals surface area contributed by atoms with Crippen LogP contribution >= 0.6 is 23.8 Å². The molecule has 0 aliphatic heterocycles. The van der Waals surface area contributed by atoms with Crippen LogP contribution in [-0.4, -0.2) is 15.9 Å². The summed E-state index contributed by atoms with van der Waals surface area (Å²) in [5, 5.41) is 15.8. The molecule has 0 spiro atoms. The molecule has 1 aliphatic carbocycles. The van der Waals surface area contributed by atoms with Crippen molar-refractivity contribution in [1.82, 2.24) is 0 Å². The van der Waals surface area contributed by atoms with Crippen LogP contribution in [0.15, 0.2) is 47.7 Å². The molecule has 2 aromatic carbocycles. The van der Waals surface area contributed by atoms with E-state index in [4.69, 9.17) is 23.8 Å². The van der Waals surface area contributed by atoms with Crippen LogP contribution in [0.4, 0.5) is 5.69 Å². The van der Waals surface area contributed by atoms with Gasteiger partial charge in [-0.1, -0.05) is 68.0 Å². The van der Waals surface area contributed by atoms with Crippen LogP contribution in [0.1, 0.15) is 26.7 Å². The number of halogens is 1. The van der Waals surface area contributed by atoms with Gasteiger partial charge in [0.1, 0.15) is 10.7 Å². The van der Waals surface area contributed by atoms with E-state index in [1.165, 1.54) is 0 Å². The molecule has 3 nitrogen and oxygen atoms in total. The number of thiocarbonyl (C=S) groups is 1. The molecule has 0 heterocycles. The normalized spacial score (nSPS) is 17.2. The zero-order chi connectivity index (χ0) is 17.5. The second-order valence-electron chi connectivity index (χ2n) is 6.87. The van der Waals surface area contributed by atoms with Crippen LogP contribution in [0, 0.1) is 5.41 Å². The number of allylic oxidation sites excluding steroid dienone is 1. The lowest BCUT2D eigenvalue weighted by Crippen LogP contribution is -2.31. The van der Waals surface area contributed by atoms with E-state index in [0.717, 1.165) is 10.8 Å². The Morgan fingerprint density at radius 2 is 1.92 bits per heavy atom. The highest BCUT2D eigenvalue weighted by Crippen LogP contribution is 2.37. The van der Waals surface area contributed by atoms with Crippen LogP contribution < -0.4 is 5.32 Å². The zero-order valence-electron chi connectivity index (χ0n) is 13.5. The van der Waals surface area contributed by atoms with E-state index >= 15 is 0 Å². The highest BCUT2D eigenvalue weighted by molar-refractivity contribution is 7.81. The van der Waals surface area contributed by atoms with E-state index in [1.807, 2.05) is 50.2 Å². The molecule has 24 heavy (non-hydrogen) atoms. The first-order valence-corrected chi connectivity index (χ1v) is 8.51. The van der Waals surface area contributed by atoms with E-state index in [9.17, 15) is 9.90 Å². The maximum absolute atomic E-state index is 12.4. The standard InChI is InChI=1S/C19H18ClNO2S/c1-19(2)9-14(22)16(15(23)10-19)18(24)21-13-8-7-11-5-3-4-6-12(11)17(13)20/h3-8,22H,9-10H2,1-2H3,(H,21,24). The molecule has 1 aliphatic rings. The fraction of sp³-hybridized carbons (Fsp3) is 0.263. The summed E-state index contributed by atoms with van der Waals surface area (Å²) in [5.41, 5.74) is 0.577. The second-order valence-corrected chi connectivity index (χ2v) is 7.65. The lowest BCUT2D eigenvalue weighted by molar-refractivity contribution is -0.117. The molecule has 0 amide bonds. The summed E-state index contributed by atoms with van der Waals surface area (Å²) < 4.78 is 0. The first-order valence-electron chi connectivity index (χ1n) is 7.72. The Balaban J connectivity index is 1.93. The minimum absolute atomic E-state index is 0.0469. The van der Waals surface area contributed by atoms with Crippen molar-refractivity contribution in [2.45, 2.75) is 26.7 Å². The molecule has 0 fully saturated rings. The molecule has 0 bridgehead atoms. The van der Waals surface area contributed by atoms with E-state index in [1.54, 1.807) is 0 Å². The van der Waals surface area contributed by atoms with Crippen LogP contribution in [0.3, 0.4) is 0 Å². The predicted molar refractivity (Wildman–Crippen MR) is 103 cm³/mol. The minimum Gasteiger partial charge on any atom is -0.511 e. The van der Waals surface area contributed by atoms with Gasteiger partial charge in [0, 0.05) is 18.2 Å². The molecule has 0 atom stereocenters. The van der Waals surface area contributed by atoms with Crippen molar-refractivity contribution in [3.8, 4) is 0 Å². The number of aliphatic hydroxyl groups excluding tert-OH is 1. The minimum atomic E-state index is -0.249. The number of Topliss-reactive ketones (excluding diaryl/α,β-unsaturated/α-hetero) is 1. The van der Waals surface area contributed by atoms with Crippen LogP contribution in [0.5, 0.6) is 0 Å². The number of ketones is 1. The number of aliphatic hydroxyl groups is 1. The molecule has 0 radical (unpaired) electrons. The molecular weight excluding hydrogens is 342 g/mol. The van der Waals surface area contributed by atoms with Gasteiger partial charge in [0.15, 0.2) is 5.78 Å². The van der Waals surface area contributed by atoms with E-state index in [0.29, 0.717) is 23.6 Å². The van der Waals surface area contributed by atoms with Crippen molar-refractivity contribution >= 4 is 51.1 Å². The number of rotatable bonds is 2. The van der Waals surface area contributed by atoms with Gasteiger partial charge in [-0.3, -0.25) is 4.79 Å². The molecule has 0 unspecified atom stereocenters. The third-order valence-electron chi connectivity index (χ3n) is 4.19. The Morgan fingerprint density at radius 3 is 2.62 bits per heavy atom. The molecule has 0 aromatic heterocycles. The third-order valence-corrected chi connectivity index (χ3v) is 4.90. The molecule has 2 aromatic rings. The molecule has 0 saturated carbocycles. The Kier molecular flexibility index (Phi) is 4.37. The van der Waals surface area contributed by atoms with Gasteiger partial charge in [-0.15, -0.1) is 0 Å². The number of anilines is 1. The monoisotopic (exact) mass is 359 g/mol. The van der Waals surface area contributed by atoms with Crippen molar-refractivity contribution in [2.24, 2.45) is 5.41 Å². The summed E-state index contributed by atoms with van der Waals surface area (Å²) in [6, 6.07) is 11.5. The second kappa shape index (κ2) is 6.19. The quantitative estimate of drug-likeness (QED) is 0.701. The van der Waals surface area contributed by atoms with Crippen molar-refractivity contribution in [3.63, 3.8) is 0 Å². The van der Waals surface area contributed by atoms with Gasteiger partial charge in [0.2, 0.25) is 0 Å². The number of hydrogen-bond acceptors (Lipinski definition) is 3. The Hall–Kier alpha value is -1.91.